The summed E-state index contributed by atoms with van der Waals surface area (Å²) in [6.45, 7) is 1.30. The molecule has 0 aliphatic carbocycles. The molecule has 1 rings (SSSR count). The molecule has 1 N–H and O–H groups in total. The lowest BCUT2D eigenvalue weighted by molar-refractivity contribution is -0.123. The molecular weight excluding hydrogens is 148 g/mol. The van der Waals surface area contributed by atoms with E-state index >= 15 is 0 Å². The van der Waals surface area contributed by atoms with E-state index in [0.29, 0.717) is 6.29 Å². The van der Waals surface area contributed by atoms with Crippen LogP contribution in [-0.2, 0) is 17.4 Å². The molecule has 0 amide bonds. The summed E-state index contributed by atoms with van der Waals surface area (Å²) in [5, 5.41) is 19.9. The molecule has 0 aliphatic rings. The smallest absolute Gasteiger partial charge is 0.213 e. The molecule has 0 aliphatic heterocycles. The third-order valence-electron chi connectivity index (χ3n) is 1.19. The van der Waals surface area contributed by atoms with Gasteiger partial charge in [0, 0.05) is 0 Å². The number of nitrogens with zero attached hydrogens (tertiary/aromatic N) is 4. The quantitative estimate of drug-likeness (QED) is 0.533. The number of aromatic nitrogens is 4. The summed E-state index contributed by atoms with van der Waals surface area (Å²) in [5.74, 6) is 0.00926. The van der Waals surface area contributed by atoms with Crippen LogP contribution in [0, 0.1) is 0 Å². The van der Waals surface area contributed by atoms with Gasteiger partial charge in [-0.25, -0.2) is 0 Å². The molecule has 0 saturated heterocycles. The molecule has 11 heavy (non-hydrogen) atoms. The first-order valence-electron chi connectivity index (χ1n) is 2.99. The Bertz CT molecular complexity index is 267. The van der Waals surface area contributed by atoms with Crippen LogP contribution in [0.5, 0.6) is 0 Å². The van der Waals surface area contributed by atoms with E-state index < -0.39 is 5.60 Å². The fraction of sp³-hybridized carbons (Fsp3) is 0.600. The Morgan fingerprint density at radius 2 is 2.36 bits per heavy atom. The Kier molecular flexibility index (Phi) is 1.69. The van der Waals surface area contributed by atoms with Crippen LogP contribution in [0.25, 0.3) is 0 Å². The van der Waals surface area contributed by atoms with Crippen LogP contribution in [-0.4, -0.2) is 31.6 Å². The Balaban J connectivity index is 3.01. The topological polar surface area (TPSA) is 80.9 Å². The minimum absolute atomic E-state index is 0.00926. The number of carbonyl (C=O) groups excluding carboxylic acids is 1. The normalized spacial score (nSPS) is 15.9. The third kappa shape index (κ3) is 1.40. The summed E-state index contributed by atoms with van der Waals surface area (Å²) in [5.41, 5.74) is -1.63. The van der Waals surface area contributed by atoms with Gasteiger partial charge in [-0.3, -0.25) is 4.79 Å². The number of rotatable bonds is 2. The zero-order valence-corrected chi connectivity index (χ0v) is 6.22. The molecule has 0 radical (unpaired) electrons. The molecule has 1 aromatic rings. The van der Waals surface area contributed by atoms with Crippen molar-refractivity contribution >= 4 is 6.29 Å². The SMILES string of the molecule is Cn1nnc(C(C)(O)C=O)n1. The number of aryl methyl sites for hydroxylation is 1. The standard InChI is InChI=1S/C5H8N4O2/c1-5(11,3-10)4-6-8-9(2)7-4/h3,11H,1-2H3. The maximum atomic E-state index is 10.3. The molecule has 0 bridgehead atoms. The van der Waals surface area contributed by atoms with Gasteiger partial charge in [0.15, 0.2) is 11.9 Å². The van der Waals surface area contributed by atoms with Gasteiger partial charge in [-0.15, -0.1) is 10.2 Å². The van der Waals surface area contributed by atoms with E-state index in [1.54, 1.807) is 7.05 Å². The third-order valence-corrected chi connectivity index (χ3v) is 1.19. The van der Waals surface area contributed by atoms with Gasteiger partial charge in [0.2, 0.25) is 5.82 Å². The molecule has 1 aromatic heterocycles. The van der Waals surface area contributed by atoms with Crippen LogP contribution in [0.15, 0.2) is 0 Å². The average molecular weight is 156 g/mol. The van der Waals surface area contributed by atoms with Crippen molar-refractivity contribution in [1.29, 1.82) is 0 Å². The first-order chi connectivity index (χ1) is 5.06. The predicted octanol–water partition coefficient (Wildman–Crippen LogP) is -1.38. The van der Waals surface area contributed by atoms with Gasteiger partial charge in [0.05, 0.1) is 7.05 Å². The van der Waals surface area contributed by atoms with Crippen molar-refractivity contribution in [3.63, 3.8) is 0 Å². The Labute approximate surface area is 62.8 Å². The fourth-order valence-corrected chi connectivity index (χ4v) is 0.539. The summed E-state index contributed by atoms with van der Waals surface area (Å²) in [4.78, 5) is 11.4. The number of tetrazole rings is 1. The van der Waals surface area contributed by atoms with E-state index in [4.69, 9.17) is 0 Å². The van der Waals surface area contributed by atoms with Crippen molar-refractivity contribution < 1.29 is 9.90 Å². The number of aliphatic hydroxyl groups is 1. The van der Waals surface area contributed by atoms with E-state index in [9.17, 15) is 9.90 Å². The number of aldehydes is 1. The van der Waals surface area contributed by atoms with Crippen molar-refractivity contribution in [3.8, 4) is 0 Å². The second kappa shape index (κ2) is 2.39. The Morgan fingerprint density at radius 3 is 2.73 bits per heavy atom. The molecule has 0 spiro atoms. The lowest BCUT2D eigenvalue weighted by Gasteiger charge is -2.07. The summed E-state index contributed by atoms with van der Waals surface area (Å²) in [6, 6.07) is 0. The minimum atomic E-state index is -1.63. The lowest BCUT2D eigenvalue weighted by Crippen LogP contribution is -2.24. The molecular formula is C5H8N4O2. The second-order valence-corrected chi connectivity index (χ2v) is 2.37. The van der Waals surface area contributed by atoms with Gasteiger partial charge in [-0.1, -0.05) is 0 Å². The monoisotopic (exact) mass is 156 g/mol. The first-order valence-corrected chi connectivity index (χ1v) is 2.99. The van der Waals surface area contributed by atoms with Crippen LogP contribution in [0.4, 0.5) is 0 Å². The van der Waals surface area contributed by atoms with Gasteiger partial charge in [0.1, 0.15) is 0 Å². The Morgan fingerprint density at radius 1 is 1.73 bits per heavy atom. The maximum Gasteiger partial charge on any atom is 0.213 e. The van der Waals surface area contributed by atoms with Crippen LogP contribution < -0.4 is 0 Å². The molecule has 0 saturated carbocycles. The molecule has 6 heteroatoms. The van der Waals surface area contributed by atoms with Crippen molar-refractivity contribution in [2.24, 2.45) is 7.05 Å². The van der Waals surface area contributed by atoms with Crippen LogP contribution >= 0.6 is 0 Å². The summed E-state index contributed by atoms with van der Waals surface area (Å²) >= 11 is 0. The van der Waals surface area contributed by atoms with Crippen molar-refractivity contribution in [1.82, 2.24) is 20.2 Å². The summed E-state index contributed by atoms with van der Waals surface area (Å²) < 4.78 is 0. The first kappa shape index (κ1) is 7.80. The molecule has 1 heterocycles. The Hall–Kier alpha value is -1.30. The number of hydrogen-bond acceptors (Lipinski definition) is 5. The minimum Gasteiger partial charge on any atom is -0.375 e. The summed E-state index contributed by atoms with van der Waals surface area (Å²) in [6.07, 6.45) is 0.365. The van der Waals surface area contributed by atoms with Crippen LogP contribution in [0.1, 0.15) is 12.7 Å². The molecule has 0 fully saturated rings. The van der Waals surface area contributed by atoms with Gasteiger partial charge in [-0.2, -0.15) is 4.80 Å². The van der Waals surface area contributed by atoms with Gasteiger partial charge >= 0.3 is 0 Å². The van der Waals surface area contributed by atoms with Crippen LogP contribution in [0.3, 0.4) is 0 Å². The molecule has 60 valence electrons. The van der Waals surface area contributed by atoms with Crippen molar-refractivity contribution in [3.05, 3.63) is 5.82 Å². The van der Waals surface area contributed by atoms with Crippen molar-refractivity contribution in [2.75, 3.05) is 0 Å². The maximum absolute atomic E-state index is 10.3. The summed E-state index contributed by atoms with van der Waals surface area (Å²) in [7, 11) is 1.55. The largest absolute Gasteiger partial charge is 0.375 e. The predicted molar refractivity (Wildman–Crippen MR) is 34.4 cm³/mol. The van der Waals surface area contributed by atoms with E-state index in [0.717, 1.165) is 0 Å². The molecule has 0 aromatic carbocycles. The van der Waals surface area contributed by atoms with Crippen LogP contribution in [0.2, 0.25) is 0 Å². The van der Waals surface area contributed by atoms with Gasteiger partial charge in [0.25, 0.3) is 0 Å². The van der Waals surface area contributed by atoms with Gasteiger partial charge < -0.3 is 5.11 Å². The van der Waals surface area contributed by atoms with E-state index in [1.165, 1.54) is 11.7 Å². The highest BCUT2D eigenvalue weighted by Gasteiger charge is 2.27. The fourth-order valence-electron chi connectivity index (χ4n) is 0.539. The molecule has 1 unspecified atom stereocenters. The average Bonchev–Trinajstić information content (AvgIpc) is 2.36. The molecule has 6 nitrogen and oxygen atoms in total. The zero-order chi connectivity index (χ0) is 8.48. The van der Waals surface area contributed by atoms with Gasteiger partial charge in [-0.05, 0) is 12.1 Å². The number of carbonyl (C=O) groups is 1. The van der Waals surface area contributed by atoms with E-state index in [1.807, 2.05) is 0 Å². The zero-order valence-electron chi connectivity index (χ0n) is 6.22. The van der Waals surface area contributed by atoms with E-state index in [2.05, 4.69) is 15.4 Å². The second-order valence-electron chi connectivity index (χ2n) is 2.37. The van der Waals surface area contributed by atoms with Crippen molar-refractivity contribution in [2.45, 2.75) is 12.5 Å². The molecule has 1 atom stereocenters. The van der Waals surface area contributed by atoms with E-state index in [-0.39, 0.29) is 5.82 Å². The highest BCUT2D eigenvalue weighted by atomic mass is 16.3. The number of hydrogen-bond donors (Lipinski definition) is 1. The lowest BCUT2D eigenvalue weighted by atomic mass is 10.1. The highest BCUT2D eigenvalue weighted by molar-refractivity contribution is 5.62. The highest BCUT2D eigenvalue weighted by Crippen LogP contribution is 2.10.